The summed E-state index contributed by atoms with van der Waals surface area (Å²) in [5.41, 5.74) is 1.66. The Balaban J connectivity index is 1.61. The first-order valence-corrected chi connectivity index (χ1v) is 11.3. The molecule has 6 nitrogen and oxygen atoms in total. The second-order valence-corrected chi connectivity index (χ2v) is 8.79. The highest BCUT2D eigenvalue weighted by Gasteiger charge is 2.35. The highest BCUT2D eigenvalue weighted by Crippen LogP contribution is 2.38. The lowest BCUT2D eigenvalue weighted by Crippen LogP contribution is -2.52. The van der Waals surface area contributed by atoms with Crippen molar-refractivity contribution in [1.82, 2.24) is 9.80 Å². The molecular formula is C25H21BrN2O4S. The number of likely N-dealkylation sites (N-methyl/N-ethyl adjacent to an activating group) is 2. The molecule has 1 saturated heterocycles. The lowest BCUT2D eigenvalue weighted by molar-refractivity contribution is -0.132. The van der Waals surface area contributed by atoms with Crippen LogP contribution in [0.25, 0.3) is 16.8 Å². The van der Waals surface area contributed by atoms with Crippen LogP contribution in [0.1, 0.15) is 11.1 Å². The Bertz CT molecular complexity index is 1300. The minimum Gasteiger partial charge on any atom is -0.493 e. The van der Waals surface area contributed by atoms with E-state index in [0.717, 1.165) is 10.9 Å². The molecule has 33 heavy (non-hydrogen) atoms. The highest BCUT2D eigenvalue weighted by molar-refractivity contribution is 9.10. The molecule has 0 bridgehead atoms. The highest BCUT2D eigenvalue weighted by atomic mass is 79.9. The third kappa shape index (κ3) is 4.49. The van der Waals surface area contributed by atoms with Crippen LogP contribution in [0.15, 0.2) is 64.6 Å². The van der Waals surface area contributed by atoms with E-state index in [1.54, 1.807) is 33.3 Å². The van der Waals surface area contributed by atoms with Gasteiger partial charge < -0.3 is 9.47 Å². The second kappa shape index (κ2) is 9.33. The van der Waals surface area contributed by atoms with E-state index in [2.05, 4.69) is 40.2 Å². The van der Waals surface area contributed by atoms with Crippen LogP contribution in [0.5, 0.6) is 11.5 Å². The van der Waals surface area contributed by atoms with Gasteiger partial charge in [0.05, 0.1) is 11.6 Å². The van der Waals surface area contributed by atoms with Gasteiger partial charge in [-0.15, -0.1) is 0 Å². The van der Waals surface area contributed by atoms with Gasteiger partial charge in [-0.3, -0.25) is 19.4 Å². The number of carbonyl (C=O) groups is 2. The summed E-state index contributed by atoms with van der Waals surface area (Å²) in [6.45, 7) is 0.351. The van der Waals surface area contributed by atoms with Crippen molar-refractivity contribution in [3.8, 4) is 11.5 Å². The largest absolute Gasteiger partial charge is 0.493 e. The van der Waals surface area contributed by atoms with Crippen molar-refractivity contribution in [3.05, 3.63) is 75.8 Å². The molecule has 0 radical (unpaired) electrons. The fourth-order valence-corrected chi connectivity index (χ4v) is 4.33. The van der Waals surface area contributed by atoms with Crippen molar-refractivity contribution < 1.29 is 19.1 Å². The Kier molecular flexibility index (Phi) is 6.49. The minimum atomic E-state index is -0.449. The summed E-state index contributed by atoms with van der Waals surface area (Å²) in [6, 6.07) is 17.8. The number of thiocarbonyl (C=S) groups is 1. The number of fused-ring (bicyclic) bond motifs is 1. The fourth-order valence-electron chi connectivity index (χ4n) is 3.59. The van der Waals surface area contributed by atoms with Crippen LogP contribution in [0.2, 0.25) is 0 Å². The van der Waals surface area contributed by atoms with Gasteiger partial charge >= 0.3 is 0 Å². The molecule has 0 aliphatic carbocycles. The van der Waals surface area contributed by atoms with Gasteiger partial charge in [-0.2, -0.15) is 0 Å². The van der Waals surface area contributed by atoms with E-state index in [9.17, 15) is 9.59 Å². The summed E-state index contributed by atoms with van der Waals surface area (Å²) in [5, 5.41) is 2.47. The van der Waals surface area contributed by atoms with Crippen LogP contribution in [0.3, 0.4) is 0 Å². The van der Waals surface area contributed by atoms with Crippen LogP contribution in [0.4, 0.5) is 0 Å². The van der Waals surface area contributed by atoms with Gasteiger partial charge in [0, 0.05) is 14.1 Å². The molecule has 4 rings (SSSR count). The zero-order chi connectivity index (χ0) is 23.7. The van der Waals surface area contributed by atoms with Crippen LogP contribution in [-0.2, 0) is 16.2 Å². The summed E-state index contributed by atoms with van der Waals surface area (Å²) >= 11 is 8.67. The molecule has 2 amide bonds. The number of carbonyl (C=O) groups excluding carboxylic acids is 2. The maximum absolute atomic E-state index is 12.6. The molecular weight excluding hydrogens is 504 g/mol. The first-order valence-electron chi connectivity index (χ1n) is 10.1. The zero-order valence-corrected chi connectivity index (χ0v) is 20.7. The number of amides is 2. The molecule has 0 unspecified atom stereocenters. The molecule has 168 valence electrons. The van der Waals surface area contributed by atoms with Crippen molar-refractivity contribution >= 4 is 61.9 Å². The number of rotatable bonds is 5. The van der Waals surface area contributed by atoms with Gasteiger partial charge in [0.2, 0.25) is 0 Å². The molecule has 8 heteroatoms. The molecule has 1 fully saturated rings. The zero-order valence-electron chi connectivity index (χ0n) is 18.3. The van der Waals surface area contributed by atoms with Gasteiger partial charge in [-0.25, -0.2) is 0 Å². The van der Waals surface area contributed by atoms with Gasteiger partial charge in [0.1, 0.15) is 12.2 Å². The first-order chi connectivity index (χ1) is 15.8. The Morgan fingerprint density at radius 3 is 2.30 bits per heavy atom. The number of halogens is 1. The van der Waals surface area contributed by atoms with Crippen LogP contribution >= 0.6 is 28.1 Å². The fraction of sp³-hybridized carbons (Fsp3) is 0.160. The molecule has 0 N–H and O–H groups in total. The van der Waals surface area contributed by atoms with Crippen molar-refractivity contribution in [2.45, 2.75) is 6.61 Å². The summed E-state index contributed by atoms with van der Waals surface area (Å²) in [5.74, 6) is 0.110. The Morgan fingerprint density at radius 1 is 0.970 bits per heavy atom. The first kappa shape index (κ1) is 22.9. The van der Waals surface area contributed by atoms with Crippen molar-refractivity contribution in [1.29, 1.82) is 0 Å². The molecule has 0 saturated carbocycles. The Morgan fingerprint density at radius 2 is 1.64 bits per heavy atom. The monoisotopic (exact) mass is 524 g/mol. The molecule has 1 aliphatic heterocycles. The van der Waals surface area contributed by atoms with Gasteiger partial charge in [0.15, 0.2) is 16.6 Å². The van der Waals surface area contributed by atoms with E-state index in [-0.39, 0.29) is 10.7 Å². The van der Waals surface area contributed by atoms with Crippen LogP contribution in [0, 0.1) is 0 Å². The third-order valence-electron chi connectivity index (χ3n) is 5.40. The predicted octanol–water partition coefficient (Wildman–Crippen LogP) is 4.79. The molecule has 0 aromatic heterocycles. The van der Waals surface area contributed by atoms with E-state index in [4.69, 9.17) is 21.7 Å². The van der Waals surface area contributed by atoms with E-state index in [1.165, 1.54) is 21.3 Å². The van der Waals surface area contributed by atoms with E-state index >= 15 is 0 Å². The Labute approximate surface area is 205 Å². The molecule has 3 aromatic rings. The van der Waals surface area contributed by atoms with Gasteiger partial charge in [-0.1, -0.05) is 36.4 Å². The lowest BCUT2D eigenvalue weighted by Gasteiger charge is -2.31. The smallest absolute Gasteiger partial charge is 0.265 e. The molecule has 3 aromatic carbocycles. The normalized spacial score (nSPS) is 14.2. The summed E-state index contributed by atoms with van der Waals surface area (Å²) < 4.78 is 12.2. The summed E-state index contributed by atoms with van der Waals surface area (Å²) in [7, 11) is 4.63. The number of methoxy groups -OCH3 is 1. The predicted molar refractivity (Wildman–Crippen MR) is 135 cm³/mol. The third-order valence-corrected chi connectivity index (χ3v) is 6.54. The average molecular weight is 525 g/mol. The van der Waals surface area contributed by atoms with E-state index < -0.39 is 11.8 Å². The van der Waals surface area contributed by atoms with Crippen LogP contribution in [-0.4, -0.2) is 47.9 Å². The topological polar surface area (TPSA) is 59.1 Å². The SMILES string of the molecule is COc1cc(C=C2C(=O)N(C)C(=S)N(C)C2=O)cc(Br)c1OCc1ccc2ccccc2c1. The van der Waals surface area contributed by atoms with Crippen molar-refractivity contribution in [2.24, 2.45) is 0 Å². The van der Waals surface area contributed by atoms with E-state index in [1.807, 2.05) is 18.2 Å². The molecule has 1 aliphatic rings. The number of hydrogen-bond acceptors (Lipinski definition) is 5. The van der Waals surface area contributed by atoms with Crippen molar-refractivity contribution in [2.75, 3.05) is 21.2 Å². The quantitative estimate of drug-likeness (QED) is 0.273. The van der Waals surface area contributed by atoms with Gasteiger partial charge in [-0.05, 0) is 74.3 Å². The minimum absolute atomic E-state index is 0.0207. The van der Waals surface area contributed by atoms with Gasteiger partial charge in [0.25, 0.3) is 11.8 Å². The maximum atomic E-state index is 12.6. The summed E-state index contributed by atoms with van der Waals surface area (Å²) in [4.78, 5) is 27.8. The summed E-state index contributed by atoms with van der Waals surface area (Å²) in [6.07, 6.45) is 1.53. The molecule has 0 atom stereocenters. The number of nitrogens with zero attached hydrogens (tertiary/aromatic N) is 2. The standard InChI is InChI=1S/C25H21BrN2O4S/c1-27-23(29)19(24(30)28(2)25(27)33)11-16-12-20(26)22(21(13-16)31-3)32-14-15-8-9-17-6-4-5-7-18(17)10-15/h4-13H,14H2,1-3H3. The second-order valence-electron chi connectivity index (χ2n) is 7.57. The van der Waals surface area contributed by atoms with Crippen LogP contribution < -0.4 is 9.47 Å². The average Bonchev–Trinajstić information content (AvgIpc) is 2.83. The number of ether oxygens (including phenoxy) is 2. The Hall–Kier alpha value is -3.23. The van der Waals surface area contributed by atoms with Crippen molar-refractivity contribution in [3.63, 3.8) is 0 Å². The number of hydrogen-bond donors (Lipinski definition) is 0. The lowest BCUT2D eigenvalue weighted by atomic mass is 10.1. The number of benzene rings is 3. The molecule has 0 spiro atoms. The maximum Gasteiger partial charge on any atom is 0.265 e. The molecule has 1 heterocycles. The van der Waals surface area contributed by atoms with E-state index in [0.29, 0.717) is 28.1 Å².